The van der Waals surface area contributed by atoms with Gasteiger partial charge in [-0.3, -0.25) is 0 Å². The van der Waals surface area contributed by atoms with Gasteiger partial charge in [-0.15, -0.1) is 12.4 Å². The molecule has 0 aliphatic rings. The fourth-order valence-corrected chi connectivity index (χ4v) is 3.11. The summed E-state index contributed by atoms with van der Waals surface area (Å²) in [5.74, 6) is 2.06. The molecule has 4 nitrogen and oxygen atoms in total. The molecule has 31 heavy (non-hydrogen) atoms. The summed E-state index contributed by atoms with van der Waals surface area (Å²) < 4.78 is 29.4. The van der Waals surface area contributed by atoms with Gasteiger partial charge >= 0.3 is 0 Å². The summed E-state index contributed by atoms with van der Waals surface area (Å²) in [6.45, 7) is 1.21. The molecule has 1 N–H and O–H groups in total. The number of halogens is 2. The highest BCUT2D eigenvalue weighted by Crippen LogP contribution is 2.30. The van der Waals surface area contributed by atoms with Gasteiger partial charge in [0.1, 0.15) is 23.1 Å². The zero-order valence-electron chi connectivity index (χ0n) is 17.9. The van der Waals surface area contributed by atoms with Gasteiger partial charge in [0, 0.05) is 24.7 Å². The molecule has 164 valence electrons. The molecule has 0 heterocycles. The number of ether oxygens (including phenoxy) is 3. The Bertz CT molecular complexity index is 989. The van der Waals surface area contributed by atoms with E-state index in [2.05, 4.69) is 5.32 Å². The summed E-state index contributed by atoms with van der Waals surface area (Å²) in [6.07, 6.45) is 4.08. The van der Waals surface area contributed by atoms with E-state index in [9.17, 15) is 4.39 Å². The highest BCUT2D eigenvalue weighted by molar-refractivity contribution is 5.85. The summed E-state index contributed by atoms with van der Waals surface area (Å²) in [5, 5.41) is 3.41. The molecule has 0 unspecified atom stereocenters. The minimum Gasteiger partial charge on any atom is -0.497 e. The minimum absolute atomic E-state index is 0. The lowest BCUT2D eigenvalue weighted by molar-refractivity contribution is 0.389. The van der Waals surface area contributed by atoms with Crippen molar-refractivity contribution in [2.75, 3.05) is 21.3 Å². The second kappa shape index (κ2) is 12.0. The first-order valence-corrected chi connectivity index (χ1v) is 9.65. The number of rotatable bonds is 9. The smallest absolute Gasteiger partial charge is 0.127 e. The first kappa shape index (κ1) is 24.3. The first-order chi connectivity index (χ1) is 14.6. The van der Waals surface area contributed by atoms with Crippen LogP contribution in [0.3, 0.4) is 0 Å². The predicted molar refractivity (Wildman–Crippen MR) is 126 cm³/mol. The van der Waals surface area contributed by atoms with E-state index in [1.165, 1.54) is 12.1 Å². The van der Waals surface area contributed by atoms with Gasteiger partial charge < -0.3 is 19.5 Å². The van der Waals surface area contributed by atoms with Crippen LogP contribution in [-0.4, -0.2) is 21.3 Å². The Hall–Kier alpha value is -3.02. The van der Waals surface area contributed by atoms with Crippen molar-refractivity contribution >= 4 is 24.6 Å². The molecule has 6 heteroatoms. The SMILES string of the molecule is COc1ccc(/C=C/c2cc(OC)cc(OC)c2CNCc2ccc(F)cc2)cc1.Cl. The van der Waals surface area contributed by atoms with Crippen LogP contribution < -0.4 is 19.5 Å². The van der Waals surface area contributed by atoms with Crippen LogP contribution in [0.25, 0.3) is 12.2 Å². The molecule has 0 atom stereocenters. The number of benzene rings is 3. The third kappa shape index (κ3) is 6.74. The number of hydrogen-bond acceptors (Lipinski definition) is 4. The van der Waals surface area contributed by atoms with Crippen LogP contribution in [0.2, 0.25) is 0 Å². The van der Waals surface area contributed by atoms with Crippen molar-refractivity contribution in [2.45, 2.75) is 13.1 Å². The Kier molecular flexibility index (Phi) is 9.38. The Balaban J connectivity index is 0.00000341. The molecule has 3 aromatic carbocycles. The van der Waals surface area contributed by atoms with E-state index < -0.39 is 0 Å². The van der Waals surface area contributed by atoms with Crippen LogP contribution >= 0.6 is 12.4 Å². The highest BCUT2D eigenvalue weighted by atomic mass is 35.5. The molecule has 0 aliphatic heterocycles. The molecule has 0 aliphatic carbocycles. The molecule has 0 aromatic heterocycles. The molecule has 0 fully saturated rings. The quantitative estimate of drug-likeness (QED) is 0.428. The van der Waals surface area contributed by atoms with E-state index in [0.717, 1.165) is 39.5 Å². The third-order valence-corrected chi connectivity index (χ3v) is 4.79. The molecule has 0 spiro atoms. The maximum atomic E-state index is 13.1. The zero-order chi connectivity index (χ0) is 21.3. The number of hydrogen-bond donors (Lipinski definition) is 1. The maximum absolute atomic E-state index is 13.1. The number of nitrogens with one attached hydrogen (secondary N) is 1. The highest BCUT2D eigenvalue weighted by Gasteiger charge is 2.11. The Labute approximate surface area is 189 Å². The van der Waals surface area contributed by atoms with Crippen LogP contribution in [0.1, 0.15) is 22.3 Å². The van der Waals surface area contributed by atoms with Crippen molar-refractivity contribution in [1.82, 2.24) is 5.32 Å². The molecule has 0 radical (unpaired) electrons. The summed E-state index contributed by atoms with van der Waals surface area (Å²) in [5.41, 5.74) is 4.08. The molecule has 0 saturated heterocycles. The second-order valence-corrected chi connectivity index (χ2v) is 6.73. The van der Waals surface area contributed by atoms with E-state index in [1.807, 2.05) is 48.6 Å². The van der Waals surface area contributed by atoms with Crippen molar-refractivity contribution < 1.29 is 18.6 Å². The van der Waals surface area contributed by atoms with Gasteiger partial charge in [-0.05, 0) is 47.0 Å². The van der Waals surface area contributed by atoms with Crippen molar-refractivity contribution in [3.8, 4) is 17.2 Å². The summed E-state index contributed by atoms with van der Waals surface area (Å²) in [6, 6.07) is 18.2. The molecular formula is C25H27ClFNO3. The average Bonchev–Trinajstić information content (AvgIpc) is 2.79. The van der Waals surface area contributed by atoms with Gasteiger partial charge in [0.05, 0.1) is 21.3 Å². The molecular weight excluding hydrogens is 417 g/mol. The summed E-state index contributed by atoms with van der Waals surface area (Å²) >= 11 is 0. The summed E-state index contributed by atoms with van der Waals surface area (Å²) in [4.78, 5) is 0. The second-order valence-electron chi connectivity index (χ2n) is 6.73. The summed E-state index contributed by atoms with van der Waals surface area (Å²) in [7, 11) is 4.94. The van der Waals surface area contributed by atoms with E-state index in [4.69, 9.17) is 14.2 Å². The third-order valence-electron chi connectivity index (χ3n) is 4.79. The normalized spacial score (nSPS) is 10.6. The molecule has 0 bridgehead atoms. The van der Waals surface area contributed by atoms with Crippen LogP contribution in [0.15, 0.2) is 60.7 Å². The van der Waals surface area contributed by atoms with Gasteiger partial charge in [-0.2, -0.15) is 0 Å². The van der Waals surface area contributed by atoms with Crippen LogP contribution in [-0.2, 0) is 13.1 Å². The van der Waals surface area contributed by atoms with Crippen LogP contribution in [0.5, 0.6) is 17.2 Å². The lowest BCUT2D eigenvalue weighted by Gasteiger charge is -2.15. The van der Waals surface area contributed by atoms with E-state index in [0.29, 0.717) is 13.1 Å². The van der Waals surface area contributed by atoms with Gasteiger partial charge in [0.2, 0.25) is 0 Å². The topological polar surface area (TPSA) is 39.7 Å². The largest absolute Gasteiger partial charge is 0.497 e. The fraction of sp³-hybridized carbons (Fsp3) is 0.200. The Morgan fingerprint density at radius 3 is 2.06 bits per heavy atom. The van der Waals surface area contributed by atoms with Gasteiger partial charge in [-0.1, -0.05) is 36.4 Å². The van der Waals surface area contributed by atoms with Crippen molar-refractivity contribution in [2.24, 2.45) is 0 Å². The monoisotopic (exact) mass is 443 g/mol. The van der Waals surface area contributed by atoms with Crippen molar-refractivity contribution in [1.29, 1.82) is 0 Å². The van der Waals surface area contributed by atoms with E-state index >= 15 is 0 Å². The number of methoxy groups -OCH3 is 3. The van der Waals surface area contributed by atoms with Crippen molar-refractivity contribution in [3.63, 3.8) is 0 Å². The predicted octanol–water partition coefficient (Wildman–Crippen LogP) is 5.73. The first-order valence-electron chi connectivity index (χ1n) is 9.65. The van der Waals surface area contributed by atoms with Crippen LogP contribution in [0.4, 0.5) is 4.39 Å². The zero-order valence-corrected chi connectivity index (χ0v) is 18.7. The van der Waals surface area contributed by atoms with Gasteiger partial charge in [0.25, 0.3) is 0 Å². The minimum atomic E-state index is -0.235. The maximum Gasteiger partial charge on any atom is 0.127 e. The Morgan fingerprint density at radius 1 is 0.774 bits per heavy atom. The standard InChI is InChI=1S/C25H26FNO3.ClH/c1-28-22-12-7-18(8-13-22)4-9-20-14-23(29-2)15-25(30-3)24(20)17-27-16-19-5-10-21(26)11-6-19;/h4-15,27H,16-17H2,1-3H3;1H/b9-4+;. The fourth-order valence-electron chi connectivity index (χ4n) is 3.11. The van der Waals surface area contributed by atoms with E-state index in [-0.39, 0.29) is 18.2 Å². The Morgan fingerprint density at radius 2 is 1.45 bits per heavy atom. The lowest BCUT2D eigenvalue weighted by atomic mass is 10.0. The van der Waals surface area contributed by atoms with Crippen molar-refractivity contribution in [3.05, 3.63) is 88.7 Å². The average molecular weight is 444 g/mol. The van der Waals surface area contributed by atoms with Gasteiger partial charge in [-0.25, -0.2) is 4.39 Å². The molecule has 3 rings (SSSR count). The lowest BCUT2D eigenvalue weighted by Crippen LogP contribution is -2.14. The molecule has 3 aromatic rings. The van der Waals surface area contributed by atoms with E-state index in [1.54, 1.807) is 33.5 Å². The molecule has 0 amide bonds. The molecule has 0 saturated carbocycles. The van der Waals surface area contributed by atoms with Crippen LogP contribution in [0, 0.1) is 5.82 Å². The van der Waals surface area contributed by atoms with Gasteiger partial charge in [0.15, 0.2) is 0 Å².